The summed E-state index contributed by atoms with van der Waals surface area (Å²) in [7, 11) is 0. The predicted molar refractivity (Wildman–Crippen MR) is 83.7 cm³/mol. The Morgan fingerprint density at radius 3 is 2.68 bits per heavy atom. The average Bonchev–Trinajstić information content (AvgIpc) is 2.96. The van der Waals surface area contributed by atoms with Gasteiger partial charge in [-0.15, -0.1) is 0 Å². The number of anilines is 1. The second-order valence-electron chi connectivity index (χ2n) is 4.09. The van der Waals surface area contributed by atoms with Gasteiger partial charge in [0.05, 0.1) is 18.8 Å². The van der Waals surface area contributed by atoms with Gasteiger partial charge >= 0.3 is 5.88 Å². The van der Waals surface area contributed by atoms with Gasteiger partial charge in [0.2, 0.25) is 0 Å². The number of nitro groups is 1. The lowest BCUT2D eigenvalue weighted by molar-refractivity contribution is -0.402. The fourth-order valence-electron chi connectivity index (χ4n) is 1.47. The smallest absolute Gasteiger partial charge is 0.400 e. The molecule has 8 nitrogen and oxygen atoms in total. The number of halogens is 1. The molecular weight excluding hydrogens is 356 g/mol. The Morgan fingerprint density at radius 1 is 1.32 bits per heavy atom. The van der Waals surface area contributed by atoms with Crippen LogP contribution in [0.4, 0.5) is 11.6 Å². The lowest BCUT2D eigenvalue weighted by atomic mass is 10.3. The molecular formula is C13H11BrN4O4. The first-order valence-corrected chi connectivity index (χ1v) is 6.89. The number of hydrogen-bond donors (Lipinski definition) is 2. The van der Waals surface area contributed by atoms with Crippen molar-refractivity contribution in [3.8, 4) is 0 Å². The molecule has 0 aliphatic rings. The van der Waals surface area contributed by atoms with Crippen LogP contribution in [0.2, 0.25) is 0 Å². The van der Waals surface area contributed by atoms with Crippen molar-refractivity contribution in [1.29, 1.82) is 0 Å². The number of rotatable bonds is 6. The molecule has 0 atom stereocenters. The van der Waals surface area contributed by atoms with Crippen LogP contribution in [0.5, 0.6) is 0 Å². The number of amides is 1. The van der Waals surface area contributed by atoms with E-state index in [1.165, 1.54) is 18.3 Å². The van der Waals surface area contributed by atoms with Gasteiger partial charge in [0.1, 0.15) is 4.92 Å². The van der Waals surface area contributed by atoms with Crippen LogP contribution in [0.1, 0.15) is 5.76 Å². The minimum Gasteiger partial charge on any atom is -0.400 e. The molecule has 2 aromatic rings. The largest absolute Gasteiger partial charge is 0.433 e. The maximum absolute atomic E-state index is 11.6. The Morgan fingerprint density at radius 2 is 2.05 bits per heavy atom. The van der Waals surface area contributed by atoms with E-state index < -0.39 is 4.92 Å². The normalized spacial score (nSPS) is 10.6. The molecule has 0 spiro atoms. The Hall–Kier alpha value is -2.68. The zero-order valence-electron chi connectivity index (χ0n) is 11.2. The van der Waals surface area contributed by atoms with Gasteiger partial charge in [-0.1, -0.05) is 15.9 Å². The van der Waals surface area contributed by atoms with Crippen LogP contribution in [0, 0.1) is 10.1 Å². The maximum atomic E-state index is 11.6. The van der Waals surface area contributed by atoms with E-state index in [0.717, 1.165) is 10.2 Å². The summed E-state index contributed by atoms with van der Waals surface area (Å²) in [5.74, 6) is -0.572. The molecule has 0 saturated heterocycles. The summed E-state index contributed by atoms with van der Waals surface area (Å²) in [6, 6.07) is 9.93. The molecule has 22 heavy (non-hydrogen) atoms. The number of nitrogens with zero attached hydrogens (tertiary/aromatic N) is 2. The number of carbonyl (C=O) groups excluding carboxylic acids is 1. The Balaban J connectivity index is 1.78. The van der Waals surface area contributed by atoms with Crippen molar-refractivity contribution in [2.24, 2.45) is 5.10 Å². The Labute approximate surface area is 133 Å². The summed E-state index contributed by atoms with van der Waals surface area (Å²) in [4.78, 5) is 21.3. The lowest BCUT2D eigenvalue weighted by Gasteiger charge is -2.04. The topological polar surface area (TPSA) is 110 Å². The summed E-state index contributed by atoms with van der Waals surface area (Å²) in [6.45, 7) is 0.0390. The molecule has 0 aliphatic carbocycles. The molecule has 2 N–H and O–H groups in total. The van der Waals surface area contributed by atoms with E-state index in [4.69, 9.17) is 4.42 Å². The number of hydrazone groups is 1. The van der Waals surface area contributed by atoms with E-state index in [1.54, 1.807) is 0 Å². The van der Waals surface area contributed by atoms with E-state index in [1.807, 2.05) is 24.3 Å². The van der Waals surface area contributed by atoms with Gasteiger partial charge in [-0.3, -0.25) is 14.9 Å². The summed E-state index contributed by atoms with van der Waals surface area (Å²) < 4.78 is 5.79. The molecule has 2 rings (SSSR count). The van der Waals surface area contributed by atoms with Crippen molar-refractivity contribution in [3.63, 3.8) is 0 Å². The summed E-state index contributed by atoms with van der Waals surface area (Å²) >= 11 is 3.32. The molecule has 1 amide bonds. The first kappa shape index (κ1) is 15.7. The second-order valence-corrected chi connectivity index (χ2v) is 5.00. The van der Waals surface area contributed by atoms with Crippen molar-refractivity contribution in [2.45, 2.75) is 0 Å². The molecule has 0 bridgehead atoms. The summed E-state index contributed by atoms with van der Waals surface area (Å²) in [5.41, 5.74) is 3.08. The minimum atomic E-state index is -0.655. The molecule has 0 fully saturated rings. The van der Waals surface area contributed by atoms with Crippen LogP contribution in [0.3, 0.4) is 0 Å². The lowest BCUT2D eigenvalue weighted by Crippen LogP contribution is -2.25. The van der Waals surface area contributed by atoms with Crippen molar-refractivity contribution in [2.75, 3.05) is 11.9 Å². The van der Waals surface area contributed by atoms with E-state index in [0.29, 0.717) is 0 Å². The second kappa shape index (κ2) is 7.36. The van der Waals surface area contributed by atoms with Crippen molar-refractivity contribution < 1.29 is 14.1 Å². The zero-order valence-corrected chi connectivity index (χ0v) is 12.7. The molecule has 0 radical (unpaired) electrons. The Kier molecular flexibility index (Phi) is 5.26. The van der Waals surface area contributed by atoms with E-state index in [2.05, 4.69) is 31.8 Å². The van der Waals surface area contributed by atoms with Crippen LogP contribution < -0.4 is 10.7 Å². The predicted octanol–water partition coefficient (Wildman–Crippen LogP) is 2.51. The molecule has 0 saturated carbocycles. The third kappa shape index (κ3) is 4.70. The van der Waals surface area contributed by atoms with Crippen LogP contribution in [-0.2, 0) is 4.79 Å². The number of furan rings is 1. The van der Waals surface area contributed by atoms with E-state index in [9.17, 15) is 14.9 Å². The highest BCUT2D eigenvalue weighted by Crippen LogP contribution is 2.14. The van der Waals surface area contributed by atoms with Crippen molar-refractivity contribution in [3.05, 3.63) is 56.7 Å². The zero-order chi connectivity index (χ0) is 15.9. The first-order valence-electron chi connectivity index (χ1n) is 6.10. The minimum absolute atomic E-state index is 0.0390. The van der Waals surface area contributed by atoms with Gasteiger partial charge in [0.15, 0.2) is 5.76 Å². The summed E-state index contributed by atoms with van der Waals surface area (Å²) in [6.07, 6.45) is 1.19. The Bertz CT molecular complexity index is 696. The third-order valence-corrected chi connectivity index (χ3v) is 3.00. The third-order valence-electron chi connectivity index (χ3n) is 2.47. The highest BCUT2D eigenvalue weighted by Gasteiger charge is 2.10. The van der Waals surface area contributed by atoms with Gasteiger partial charge in [0, 0.05) is 10.2 Å². The molecule has 0 unspecified atom stereocenters. The number of hydrogen-bond acceptors (Lipinski definition) is 6. The highest BCUT2D eigenvalue weighted by atomic mass is 79.9. The molecule has 0 aliphatic heterocycles. The summed E-state index contributed by atoms with van der Waals surface area (Å²) in [5, 5.41) is 17.0. The number of nitrogens with one attached hydrogen (secondary N) is 2. The standard InChI is InChI=1S/C13H11BrN4O4/c14-9-1-3-10(4-2-9)15-8-12(19)17-16-7-11-5-6-13(22-11)18(20)21/h1-7,15H,8H2,(H,17,19)/b16-7-. The van der Waals surface area contributed by atoms with Crippen molar-refractivity contribution >= 4 is 39.6 Å². The molecule has 1 aromatic carbocycles. The maximum Gasteiger partial charge on any atom is 0.433 e. The van der Waals surface area contributed by atoms with Gasteiger partial charge in [-0.25, -0.2) is 5.43 Å². The van der Waals surface area contributed by atoms with Gasteiger partial charge in [-0.2, -0.15) is 5.10 Å². The molecule has 1 heterocycles. The molecule has 114 valence electrons. The SMILES string of the molecule is O=C(CNc1ccc(Br)cc1)N/N=C\c1ccc([N+](=O)[O-])o1. The highest BCUT2D eigenvalue weighted by molar-refractivity contribution is 9.10. The fourth-order valence-corrected chi connectivity index (χ4v) is 1.73. The quantitative estimate of drug-likeness (QED) is 0.463. The molecule has 9 heteroatoms. The van der Waals surface area contributed by atoms with Gasteiger partial charge < -0.3 is 9.73 Å². The van der Waals surface area contributed by atoms with Gasteiger partial charge in [-0.05, 0) is 30.3 Å². The average molecular weight is 367 g/mol. The van der Waals surface area contributed by atoms with Gasteiger partial charge in [0.25, 0.3) is 5.91 Å². The van der Waals surface area contributed by atoms with Crippen molar-refractivity contribution in [1.82, 2.24) is 5.43 Å². The van der Waals surface area contributed by atoms with Crippen LogP contribution in [0.15, 0.2) is 50.4 Å². The van der Waals surface area contributed by atoms with Crippen LogP contribution in [0.25, 0.3) is 0 Å². The fraction of sp³-hybridized carbons (Fsp3) is 0.0769. The van der Waals surface area contributed by atoms with Crippen LogP contribution in [-0.4, -0.2) is 23.6 Å². The van der Waals surface area contributed by atoms with E-state index in [-0.39, 0.29) is 24.1 Å². The molecule has 1 aromatic heterocycles. The van der Waals surface area contributed by atoms with Crippen LogP contribution >= 0.6 is 15.9 Å². The first-order chi connectivity index (χ1) is 10.5. The number of carbonyl (C=O) groups is 1. The number of benzene rings is 1. The van der Waals surface area contributed by atoms with E-state index >= 15 is 0 Å². The monoisotopic (exact) mass is 366 g/mol.